The van der Waals surface area contributed by atoms with Gasteiger partial charge in [0.1, 0.15) is 16.8 Å². The van der Waals surface area contributed by atoms with E-state index in [1.165, 1.54) is 0 Å². The van der Waals surface area contributed by atoms with E-state index in [-0.39, 0.29) is 5.92 Å². The normalized spacial score (nSPS) is 13.1. The second-order valence-electron chi connectivity index (χ2n) is 5.67. The highest BCUT2D eigenvalue weighted by Gasteiger charge is 2.12. The van der Waals surface area contributed by atoms with Crippen LogP contribution in [0.15, 0.2) is 0 Å². The van der Waals surface area contributed by atoms with Crippen molar-refractivity contribution in [3.05, 3.63) is 16.5 Å². The van der Waals surface area contributed by atoms with Crippen molar-refractivity contribution in [3.8, 4) is 0 Å². The minimum absolute atomic E-state index is 0.274. The zero-order valence-electron chi connectivity index (χ0n) is 13.5. The van der Waals surface area contributed by atoms with E-state index in [0.717, 1.165) is 36.7 Å². The first-order valence-corrected chi connectivity index (χ1v) is 7.72. The second-order valence-corrected chi connectivity index (χ2v) is 6.02. The molecule has 1 N–H and O–H groups in total. The van der Waals surface area contributed by atoms with Gasteiger partial charge in [-0.2, -0.15) is 0 Å². The summed E-state index contributed by atoms with van der Waals surface area (Å²) in [7, 11) is 2.15. The molecule has 0 bridgehead atoms. The second kappa shape index (κ2) is 7.79. The maximum Gasteiger partial charge on any atom is 0.137 e. The van der Waals surface area contributed by atoms with Gasteiger partial charge in [0.2, 0.25) is 0 Å². The number of halogens is 1. The molecule has 0 aliphatic carbocycles. The van der Waals surface area contributed by atoms with Crippen LogP contribution in [-0.4, -0.2) is 41.0 Å². The summed E-state index contributed by atoms with van der Waals surface area (Å²) in [6.45, 7) is 12.4. The van der Waals surface area contributed by atoms with Crippen LogP contribution in [0.25, 0.3) is 0 Å². The minimum Gasteiger partial charge on any atom is -0.368 e. The lowest BCUT2D eigenvalue weighted by Gasteiger charge is -2.23. The highest BCUT2D eigenvalue weighted by atomic mass is 35.5. The first-order chi connectivity index (χ1) is 9.36. The fourth-order valence-corrected chi connectivity index (χ4v) is 1.99. The molecule has 0 spiro atoms. The van der Waals surface area contributed by atoms with Gasteiger partial charge in [-0.1, -0.05) is 32.4 Å². The van der Waals surface area contributed by atoms with Gasteiger partial charge in [0.15, 0.2) is 0 Å². The molecular formula is C15H27ClN4. The summed E-state index contributed by atoms with van der Waals surface area (Å²) < 4.78 is 0. The van der Waals surface area contributed by atoms with Crippen LogP contribution in [0.4, 0.5) is 5.82 Å². The Hall–Kier alpha value is -0.870. The molecule has 0 saturated carbocycles. The maximum absolute atomic E-state index is 6.18. The molecule has 1 atom stereocenters. The number of likely N-dealkylation sites (N-methyl/N-ethyl adjacent to an activating group) is 1. The highest BCUT2D eigenvalue weighted by Crippen LogP contribution is 2.22. The Morgan fingerprint density at radius 2 is 1.90 bits per heavy atom. The third-order valence-electron chi connectivity index (χ3n) is 3.72. The summed E-state index contributed by atoms with van der Waals surface area (Å²) in [6.07, 6.45) is 1.16. The lowest BCUT2D eigenvalue weighted by atomic mass is 10.2. The molecule has 20 heavy (non-hydrogen) atoms. The van der Waals surface area contributed by atoms with Crippen molar-refractivity contribution >= 4 is 17.4 Å². The standard InChI is InChI=1S/C15H27ClN4/c1-7-11(4)20(6)9-8-17-15-12(5)13(16)18-14(19-15)10(2)3/h10-11H,7-9H2,1-6H3,(H,17,18,19). The third kappa shape index (κ3) is 4.60. The molecule has 1 aromatic heterocycles. The molecule has 0 amide bonds. The Bertz CT molecular complexity index is 434. The van der Waals surface area contributed by atoms with Crippen LogP contribution in [0.1, 0.15) is 51.4 Å². The van der Waals surface area contributed by atoms with Crippen LogP contribution < -0.4 is 5.32 Å². The summed E-state index contributed by atoms with van der Waals surface area (Å²) in [6, 6.07) is 0.595. The number of hydrogen-bond donors (Lipinski definition) is 1. The SMILES string of the molecule is CCC(C)N(C)CCNc1nc(C(C)C)nc(Cl)c1C. The summed E-state index contributed by atoms with van der Waals surface area (Å²) >= 11 is 6.18. The van der Waals surface area contributed by atoms with E-state index in [0.29, 0.717) is 11.2 Å². The molecule has 1 rings (SSSR count). The van der Waals surface area contributed by atoms with Crippen LogP contribution in [0.2, 0.25) is 5.15 Å². The quantitative estimate of drug-likeness (QED) is 0.779. The van der Waals surface area contributed by atoms with Crippen LogP contribution >= 0.6 is 11.6 Å². The number of nitrogens with one attached hydrogen (secondary N) is 1. The number of aromatic nitrogens is 2. The minimum atomic E-state index is 0.274. The van der Waals surface area contributed by atoms with Gasteiger partial charge in [0.05, 0.1) is 0 Å². The predicted molar refractivity (Wildman–Crippen MR) is 86.7 cm³/mol. The van der Waals surface area contributed by atoms with Gasteiger partial charge in [-0.05, 0) is 27.3 Å². The zero-order chi connectivity index (χ0) is 15.3. The Balaban J connectivity index is 2.68. The largest absolute Gasteiger partial charge is 0.368 e. The monoisotopic (exact) mass is 298 g/mol. The average Bonchev–Trinajstić information content (AvgIpc) is 2.41. The predicted octanol–water partition coefficient (Wildman–Crippen LogP) is 3.70. The van der Waals surface area contributed by atoms with Gasteiger partial charge >= 0.3 is 0 Å². The Morgan fingerprint density at radius 1 is 1.25 bits per heavy atom. The van der Waals surface area contributed by atoms with Crippen molar-refractivity contribution in [1.82, 2.24) is 14.9 Å². The molecular weight excluding hydrogens is 272 g/mol. The fourth-order valence-electron chi connectivity index (χ4n) is 1.82. The van der Waals surface area contributed by atoms with E-state index in [9.17, 15) is 0 Å². The van der Waals surface area contributed by atoms with Crippen LogP contribution in [0.3, 0.4) is 0 Å². The third-order valence-corrected chi connectivity index (χ3v) is 4.09. The van der Waals surface area contributed by atoms with Crippen molar-refractivity contribution in [2.24, 2.45) is 0 Å². The number of hydrogen-bond acceptors (Lipinski definition) is 4. The Labute approximate surface area is 127 Å². The average molecular weight is 299 g/mol. The molecule has 5 heteroatoms. The lowest BCUT2D eigenvalue weighted by Crippen LogP contribution is -2.33. The van der Waals surface area contributed by atoms with Crippen LogP contribution in [-0.2, 0) is 0 Å². The topological polar surface area (TPSA) is 41.0 Å². The molecule has 0 aliphatic heterocycles. The number of rotatable bonds is 7. The fraction of sp³-hybridized carbons (Fsp3) is 0.733. The van der Waals surface area contributed by atoms with E-state index in [2.05, 4.69) is 54.9 Å². The molecule has 1 aromatic rings. The van der Waals surface area contributed by atoms with Gasteiger partial charge in [-0.25, -0.2) is 9.97 Å². The first kappa shape index (κ1) is 17.2. The molecule has 0 radical (unpaired) electrons. The van der Waals surface area contributed by atoms with Gasteiger partial charge in [0.25, 0.3) is 0 Å². The van der Waals surface area contributed by atoms with E-state index in [4.69, 9.17) is 11.6 Å². The molecule has 0 aromatic carbocycles. The molecule has 0 aliphatic rings. The molecule has 0 fully saturated rings. The summed E-state index contributed by atoms with van der Waals surface area (Å²) in [5, 5.41) is 3.92. The van der Waals surface area contributed by atoms with Crippen LogP contribution in [0, 0.1) is 6.92 Å². The van der Waals surface area contributed by atoms with Gasteiger partial charge in [0, 0.05) is 30.6 Å². The highest BCUT2D eigenvalue weighted by molar-refractivity contribution is 6.30. The van der Waals surface area contributed by atoms with Crippen molar-refractivity contribution in [1.29, 1.82) is 0 Å². The summed E-state index contributed by atoms with van der Waals surface area (Å²) in [5.74, 6) is 1.92. The summed E-state index contributed by atoms with van der Waals surface area (Å²) in [4.78, 5) is 11.2. The van der Waals surface area contributed by atoms with E-state index in [1.54, 1.807) is 0 Å². The van der Waals surface area contributed by atoms with Gasteiger partial charge < -0.3 is 10.2 Å². The first-order valence-electron chi connectivity index (χ1n) is 7.34. The van der Waals surface area contributed by atoms with Crippen molar-refractivity contribution < 1.29 is 0 Å². The number of anilines is 1. The summed E-state index contributed by atoms with van der Waals surface area (Å²) in [5.41, 5.74) is 0.919. The zero-order valence-corrected chi connectivity index (χ0v) is 14.3. The van der Waals surface area contributed by atoms with Crippen molar-refractivity contribution in [3.63, 3.8) is 0 Å². The molecule has 1 unspecified atom stereocenters. The molecule has 1 heterocycles. The smallest absolute Gasteiger partial charge is 0.137 e. The Kier molecular flexibility index (Phi) is 6.69. The van der Waals surface area contributed by atoms with Crippen LogP contribution in [0.5, 0.6) is 0 Å². The van der Waals surface area contributed by atoms with Crippen molar-refractivity contribution in [2.45, 2.75) is 53.0 Å². The van der Waals surface area contributed by atoms with Gasteiger partial charge in [-0.3, -0.25) is 0 Å². The molecule has 114 valence electrons. The molecule has 0 saturated heterocycles. The van der Waals surface area contributed by atoms with Crippen molar-refractivity contribution in [2.75, 3.05) is 25.5 Å². The van der Waals surface area contributed by atoms with E-state index < -0.39 is 0 Å². The molecule has 4 nitrogen and oxygen atoms in total. The lowest BCUT2D eigenvalue weighted by molar-refractivity contribution is 0.261. The number of nitrogens with zero attached hydrogens (tertiary/aromatic N) is 3. The Morgan fingerprint density at radius 3 is 2.45 bits per heavy atom. The van der Waals surface area contributed by atoms with Gasteiger partial charge in [-0.15, -0.1) is 0 Å². The van der Waals surface area contributed by atoms with E-state index >= 15 is 0 Å². The maximum atomic E-state index is 6.18. The van der Waals surface area contributed by atoms with E-state index in [1.807, 2.05) is 6.92 Å².